The van der Waals surface area contributed by atoms with Crippen LogP contribution in [-0.2, 0) is 4.79 Å². The van der Waals surface area contributed by atoms with E-state index in [0.29, 0.717) is 22.6 Å². The summed E-state index contributed by atoms with van der Waals surface area (Å²) in [5.74, 6) is -0.00532. The fourth-order valence-electron chi connectivity index (χ4n) is 3.86. The van der Waals surface area contributed by atoms with E-state index in [1.54, 1.807) is 25.1 Å². The highest BCUT2D eigenvalue weighted by Gasteiger charge is 2.31. The van der Waals surface area contributed by atoms with Gasteiger partial charge in [0.15, 0.2) is 5.78 Å². The van der Waals surface area contributed by atoms with Gasteiger partial charge in [0.2, 0.25) is 5.91 Å². The maximum atomic E-state index is 12.9. The molecular weight excluding hydrogens is 364 g/mol. The number of nitrogen functional groups attached to an aromatic ring is 2. The minimum absolute atomic E-state index is 0.0514. The SMILES string of the molecule is CC(=O)c1ccc2cc(N3CCCC3C(=O)Nc3ccc(N)c(N)c3)ccc2c1. The van der Waals surface area contributed by atoms with E-state index in [9.17, 15) is 9.59 Å². The van der Waals surface area contributed by atoms with Crippen molar-refractivity contribution in [1.82, 2.24) is 0 Å². The van der Waals surface area contributed by atoms with Crippen LogP contribution in [0.3, 0.4) is 0 Å². The van der Waals surface area contributed by atoms with Gasteiger partial charge in [-0.3, -0.25) is 9.59 Å². The Kier molecular flexibility index (Phi) is 4.84. The fourth-order valence-corrected chi connectivity index (χ4v) is 3.86. The third kappa shape index (κ3) is 3.74. The van der Waals surface area contributed by atoms with Gasteiger partial charge in [0.25, 0.3) is 0 Å². The first kappa shape index (κ1) is 18.8. The predicted molar refractivity (Wildman–Crippen MR) is 118 cm³/mol. The molecule has 1 unspecified atom stereocenters. The molecule has 148 valence electrons. The minimum atomic E-state index is -0.247. The van der Waals surface area contributed by atoms with Crippen LogP contribution in [0.2, 0.25) is 0 Å². The summed E-state index contributed by atoms with van der Waals surface area (Å²) in [6, 6.07) is 16.7. The zero-order valence-corrected chi connectivity index (χ0v) is 16.3. The number of hydrogen-bond donors (Lipinski definition) is 3. The highest BCUT2D eigenvalue weighted by molar-refractivity contribution is 6.00. The van der Waals surface area contributed by atoms with E-state index in [4.69, 9.17) is 11.5 Å². The predicted octanol–water partition coefficient (Wildman–Crippen LogP) is 3.81. The molecule has 0 aromatic heterocycles. The number of carbonyl (C=O) groups is 2. The van der Waals surface area contributed by atoms with E-state index < -0.39 is 0 Å². The van der Waals surface area contributed by atoms with Crippen LogP contribution in [0.5, 0.6) is 0 Å². The van der Waals surface area contributed by atoms with Crippen LogP contribution in [0.15, 0.2) is 54.6 Å². The minimum Gasteiger partial charge on any atom is -0.397 e. The Hall–Kier alpha value is -3.54. The Morgan fingerprint density at radius 2 is 1.72 bits per heavy atom. The number of ketones is 1. The second-order valence-electron chi connectivity index (χ2n) is 7.49. The number of amides is 1. The van der Waals surface area contributed by atoms with Crippen molar-refractivity contribution in [3.63, 3.8) is 0 Å². The summed E-state index contributed by atoms with van der Waals surface area (Å²) < 4.78 is 0. The third-order valence-corrected chi connectivity index (χ3v) is 5.47. The van der Waals surface area contributed by atoms with Gasteiger partial charge in [-0.2, -0.15) is 0 Å². The molecule has 1 amide bonds. The molecule has 5 N–H and O–H groups in total. The molecule has 0 bridgehead atoms. The van der Waals surface area contributed by atoms with Crippen molar-refractivity contribution < 1.29 is 9.59 Å². The second kappa shape index (κ2) is 7.47. The largest absolute Gasteiger partial charge is 0.397 e. The molecule has 1 heterocycles. The monoisotopic (exact) mass is 388 g/mol. The molecule has 0 aliphatic carbocycles. The first-order valence-electron chi connectivity index (χ1n) is 9.69. The maximum Gasteiger partial charge on any atom is 0.247 e. The van der Waals surface area contributed by atoms with Gasteiger partial charge in [-0.05, 0) is 66.9 Å². The quantitative estimate of drug-likeness (QED) is 0.466. The van der Waals surface area contributed by atoms with Gasteiger partial charge in [0.05, 0.1) is 11.4 Å². The van der Waals surface area contributed by atoms with Crippen molar-refractivity contribution in [2.24, 2.45) is 0 Å². The van der Waals surface area contributed by atoms with E-state index in [-0.39, 0.29) is 17.7 Å². The first-order valence-corrected chi connectivity index (χ1v) is 9.69. The van der Waals surface area contributed by atoms with Crippen LogP contribution in [0.1, 0.15) is 30.1 Å². The number of anilines is 4. The van der Waals surface area contributed by atoms with Gasteiger partial charge in [-0.25, -0.2) is 0 Å². The summed E-state index contributed by atoms with van der Waals surface area (Å²) in [6.07, 6.45) is 1.74. The van der Waals surface area contributed by atoms with Gasteiger partial charge < -0.3 is 21.7 Å². The summed E-state index contributed by atoms with van der Waals surface area (Å²) >= 11 is 0. The van der Waals surface area contributed by atoms with E-state index in [2.05, 4.69) is 16.3 Å². The van der Waals surface area contributed by atoms with Gasteiger partial charge in [0.1, 0.15) is 6.04 Å². The average molecular weight is 388 g/mol. The number of fused-ring (bicyclic) bond motifs is 1. The lowest BCUT2D eigenvalue weighted by Crippen LogP contribution is -2.39. The van der Waals surface area contributed by atoms with Gasteiger partial charge >= 0.3 is 0 Å². The molecule has 1 saturated heterocycles. The topological polar surface area (TPSA) is 101 Å². The number of carbonyl (C=O) groups excluding carboxylic acids is 2. The Bertz CT molecular complexity index is 1110. The first-order chi connectivity index (χ1) is 13.9. The standard InChI is InChI=1S/C23H24N4O2/c1-14(28)15-4-5-17-12-19(8-6-16(17)11-15)27-10-2-3-22(27)23(29)26-18-7-9-20(24)21(25)13-18/h4-9,11-13,22H,2-3,10,24-25H2,1H3,(H,26,29). The van der Waals surface area contributed by atoms with Crippen LogP contribution < -0.4 is 21.7 Å². The van der Waals surface area contributed by atoms with Crippen LogP contribution >= 0.6 is 0 Å². The summed E-state index contributed by atoms with van der Waals surface area (Å²) in [5.41, 5.74) is 14.9. The number of rotatable bonds is 4. The number of nitrogens with zero attached hydrogens (tertiary/aromatic N) is 1. The summed E-state index contributed by atoms with van der Waals surface area (Å²) in [6.45, 7) is 2.39. The van der Waals surface area contributed by atoms with Crippen LogP contribution in [0.25, 0.3) is 10.8 Å². The number of hydrogen-bond acceptors (Lipinski definition) is 5. The lowest BCUT2D eigenvalue weighted by atomic mass is 10.0. The number of nitrogens with two attached hydrogens (primary N) is 2. The van der Waals surface area contributed by atoms with Gasteiger partial charge in [-0.1, -0.05) is 18.2 Å². The van der Waals surface area contributed by atoms with Crippen LogP contribution in [0, 0.1) is 0 Å². The molecule has 0 spiro atoms. The highest BCUT2D eigenvalue weighted by Crippen LogP contribution is 2.30. The Balaban J connectivity index is 1.57. The summed E-state index contributed by atoms with van der Waals surface area (Å²) in [5, 5.41) is 5.01. The molecular formula is C23H24N4O2. The molecule has 1 atom stereocenters. The van der Waals surface area contributed by atoms with Crippen molar-refractivity contribution in [1.29, 1.82) is 0 Å². The molecule has 1 aliphatic rings. The van der Waals surface area contributed by atoms with E-state index in [1.807, 2.05) is 30.3 Å². The molecule has 3 aromatic rings. The Labute approximate surface area is 169 Å². The molecule has 1 aliphatic heterocycles. The van der Waals surface area contributed by atoms with E-state index in [1.165, 1.54) is 0 Å². The molecule has 4 rings (SSSR count). The molecule has 29 heavy (non-hydrogen) atoms. The van der Waals surface area contributed by atoms with E-state index in [0.717, 1.165) is 35.8 Å². The Morgan fingerprint density at radius 1 is 0.966 bits per heavy atom. The smallest absolute Gasteiger partial charge is 0.247 e. The maximum absolute atomic E-state index is 12.9. The van der Waals surface area contributed by atoms with Crippen molar-refractivity contribution in [3.05, 3.63) is 60.2 Å². The highest BCUT2D eigenvalue weighted by atomic mass is 16.2. The summed E-state index contributed by atoms with van der Waals surface area (Å²) in [7, 11) is 0. The molecule has 0 saturated carbocycles. The van der Waals surface area contributed by atoms with Gasteiger partial charge in [0, 0.05) is 23.5 Å². The second-order valence-corrected chi connectivity index (χ2v) is 7.49. The fraction of sp³-hybridized carbons (Fsp3) is 0.217. The normalized spacial score (nSPS) is 16.2. The molecule has 0 radical (unpaired) electrons. The summed E-state index contributed by atoms with van der Waals surface area (Å²) in [4.78, 5) is 26.7. The van der Waals surface area contributed by atoms with Crippen LogP contribution in [-0.4, -0.2) is 24.3 Å². The lowest BCUT2D eigenvalue weighted by molar-refractivity contribution is -0.117. The molecule has 3 aromatic carbocycles. The average Bonchev–Trinajstić information content (AvgIpc) is 3.20. The van der Waals surface area contributed by atoms with Crippen molar-refractivity contribution in [2.45, 2.75) is 25.8 Å². The molecule has 1 fully saturated rings. The van der Waals surface area contributed by atoms with Crippen molar-refractivity contribution in [3.8, 4) is 0 Å². The van der Waals surface area contributed by atoms with Crippen molar-refractivity contribution >= 4 is 45.2 Å². The third-order valence-electron chi connectivity index (χ3n) is 5.47. The number of Topliss-reactive ketones (excluding diaryl/α,β-unsaturated/α-hetero) is 1. The molecule has 6 heteroatoms. The van der Waals surface area contributed by atoms with Crippen molar-refractivity contribution in [2.75, 3.05) is 28.2 Å². The molecule has 6 nitrogen and oxygen atoms in total. The zero-order chi connectivity index (χ0) is 20.5. The zero-order valence-electron chi connectivity index (χ0n) is 16.3. The van der Waals surface area contributed by atoms with Gasteiger partial charge in [-0.15, -0.1) is 0 Å². The Morgan fingerprint density at radius 3 is 2.48 bits per heavy atom. The number of nitrogens with one attached hydrogen (secondary N) is 1. The van der Waals surface area contributed by atoms with Crippen LogP contribution in [0.4, 0.5) is 22.7 Å². The number of benzene rings is 3. The van der Waals surface area contributed by atoms with E-state index >= 15 is 0 Å². The lowest BCUT2D eigenvalue weighted by Gasteiger charge is -2.26.